The predicted molar refractivity (Wildman–Crippen MR) is 43.4 cm³/mol. The molecule has 1 fully saturated rings. The Morgan fingerprint density at radius 2 is 2.50 bits per heavy atom. The molecule has 0 aromatic carbocycles. The number of rotatable bonds is 3. The average Bonchev–Trinajstić information content (AvgIpc) is 2.49. The second-order valence-corrected chi connectivity index (χ2v) is 3.05. The third-order valence-electron chi connectivity index (χ3n) is 2.01. The van der Waals surface area contributed by atoms with Crippen LogP contribution in [0.3, 0.4) is 0 Å². The van der Waals surface area contributed by atoms with Crippen LogP contribution in [0.1, 0.15) is 26.7 Å². The van der Waals surface area contributed by atoms with Gasteiger partial charge >= 0.3 is 0 Å². The van der Waals surface area contributed by atoms with Crippen molar-refractivity contribution in [2.24, 2.45) is 0 Å². The minimum absolute atomic E-state index is 0.179. The maximum Gasteiger partial charge on any atom is 0.275 e. The first-order valence-electron chi connectivity index (χ1n) is 4.25. The van der Waals surface area contributed by atoms with Crippen molar-refractivity contribution in [1.82, 2.24) is 5.48 Å². The maximum absolute atomic E-state index is 11.4. The molecule has 1 unspecified atom stereocenters. The van der Waals surface area contributed by atoms with Crippen LogP contribution in [-0.4, -0.2) is 24.7 Å². The monoisotopic (exact) mass is 173 g/mol. The van der Waals surface area contributed by atoms with Crippen LogP contribution >= 0.6 is 0 Å². The molecule has 70 valence electrons. The van der Waals surface area contributed by atoms with E-state index in [9.17, 15) is 4.79 Å². The van der Waals surface area contributed by atoms with Crippen molar-refractivity contribution in [3.63, 3.8) is 0 Å². The molecule has 1 amide bonds. The van der Waals surface area contributed by atoms with Crippen LogP contribution in [0.15, 0.2) is 0 Å². The number of ether oxygens (including phenoxy) is 1. The highest BCUT2D eigenvalue weighted by Gasteiger charge is 2.37. The Morgan fingerprint density at radius 1 is 1.75 bits per heavy atom. The molecule has 0 saturated carbocycles. The summed E-state index contributed by atoms with van der Waals surface area (Å²) in [6, 6.07) is 0. The van der Waals surface area contributed by atoms with Crippen molar-refractivity contribution in [3.8, 4) is 0 Å². The molecule has 0 aliphatic carbocycles. The van der Waals surface area contributed by atoms with E-state index >= 15 is 0 Å². The van der Waals surface area contributed by atoms with Gasteiger partial charge in [0, 0.05) is 6.61 Å². The Hall–Kier alpha value is -0.610. The zero-order valence-electron chi connectivity index (χ0n) is 7.55. The van der Waals surface area contributed by atoms with Gasteiger partial charge in [-0.15, -0.1) is 0 Å². The molecule has 1 saturated heterocycles. The molecule has 1 heterocycles. The van der Waals surface area contributed by atoms with Crippen molar-refractivity contribution in [1.29, 1.82) is 0 Å². The van der Waals surface area contributed by atoms with Gasteiger partial charge < -0.3 is 4.74 Å². The summed E-state index contributed by atoms with van der Waals surface area (Å²) in [5.41, 5.74) is 1.68. The number of amides is 1. The fourth-order valence-electron chi connectivity index (χ4n) is 1.20. The summed E-state index contributed by atoms with van der Waals surface area (Å²) in [7, 11) is 0. The quantitative estimate of drug-likeness (QED) is 0.636. The van der Waals surface area contributed by atoms with Gasteiger partial charge in [0.25, 0.3) is 5.91 Å². The molecule has 12 heavy (non-hydrogen) atoms. The van der Waals surface area contributed by atoms with Crippen LogP contribution in [0.25, 0.3) is 0 Å². The number of hydrogen-bond acceptors (Lipinski definition) is 3. The largest absolute Gasteiger partial charge is 0.365 e. The second-order valence-electron chi connectivity index (χ2n) is 3.05. The second kappa shape index (κ2) is 3.87. The van der Waals surface area contributed by atoms with E-state index < -0.39 is 5.60 Å². The minimum Gasteiger partial charge on any atom is -0.365 e. The molecule has 1 N–H and O–H groups in total. The lowest BCUT2D eigenvalue weighted by atomic mass is 10.0. The molecule has 4 heteroatoms. The first-order chi connectivity index (χ1) is 5.69. The summed E-state index contributed by atoms with van der Waals surface area (Å²) in [6.45, 7) is 4.74. The highest BCUT2D eigenvalue weighted by Crippen LogP contribution is 2.24. The topological polar surface area (TPSA) is 47.6 Å². The molecule has 0 bridgehead atoms. The molecule has 1 aliphatic rings. The Bertz CT molecular complexity index is 164. The number of carbonyl (C=O) groups is 1. The van der Waals surface area contributed by atoms with Gasteiger partial charge in [-0.2, -0.15) is 0 Å². The van der Waals surface area contributed by atoms with Crippen molar-refractivity contribution in [2.45, 2.75) is 32.3 Å². The smallest absolute Gasteiger partial charge is 0.275 e. The Balaban J connectivity index is 2.39. The molecule has 4 nitrogen and oxygen atoms in total. The first kappa shape index (κ1) is 9.48. The van der Waals surface area contributed by atoms with Crippen LogP contribution in [-0.2, 0) is 14.4 Å². The van der Waals surface area contributed by atoms with Crippen molar-refractivity contribution < 1.29 is 14.4 Å². The highest BCUT2D eigenvalue weighted by atomic mass is 16.7. The standard InChI is InChI=1S/C8H15NO3/c1-3-12-9-7(10)8(2)5-4-6-11-8/h3-6H2,1-2H3,(H,9,10). The lowest BCUT2D eigenvalue weighted by Crippen LogP contribution is -2.43. The van der Waals surface area contributed by atoms with Crippen molar-refractivity contribution in [2.75, 3.05) is 13.2 Å². The lowest BCUT2D eigenvalue weighted by Gasteiger charge is -2.20. The molecule has 0 spiro atoms. The van der Waals surface area contributed by atoms with E-state index in [0.29, 0.717) is 13.2 Å². The van der Waals surface area contributed by atoms with Crippen LogP contribution in [0.5, 0.6) is 0 Å². The predicted octanol–water partition coefficient (Wildman–Crippen LogP) is 0.623. The fourth-order valence-corrected chi connectivity index (χ4v) is 1.20. The van der Waals surface area contributed by atoms with E-state index in [2.05, 4.69) is 5.48 Å². The zero-order chi connectivity index (χ0) is 9.03. The lowest BCUT2D eigenvalue weighted by molar-refractivity contribution is -0.152. The van der Waals surface area contributed by atoms with E-state index in [1.165, 1.54) is 0 Å². The van der Waals surface area contributed by atoms with Gasteiger partial charge in [-0.25, -0.2) is 5.48 Å². The summed E-state index contributed by atoms with van der Waals surface area (Å²) in [4.78, 5) is 16.2. The Morgan fingerprint density at radius 3 is 3.00 bits per heavy atom. The van der Waals surface area contributed by atoms with Crippen LogP contribution in [0, 0.1) is 0 Å². The summed E-state index contributed by atoms with van der Waals surface area (Å²) < 4.78 is 5.31. The van der Waals surface area contributed by atoms with E-state index in [-0.39, 0.29) is 5.91 Å². The van der Waals surface area contributed by atoms with Gasteiger partial charge in [-0.1, -0.05) is 0 Å². The number of hydrogen-bond donors (Lipinski definition) is 1. The summed E-state index contributed by atoms with van der Waals surface area (Å²) in [5.74, 6) is -0.179. The van der Waals surface area contributed by atoms with Crippen LogP contribution in [0.4, 0.5) is 0 Å². The SMILES string of the molecule is CCONC(=O)C1(C)CCCO1. The molecule has 1 atom stereocenters. The molecule has 1 aliphatic heterocycles. The van der Waals surface area contributed by atoms with Gasteiger partial charge in [0.1, 0.15) is 5.60 Å². The van der Waals surface area contributed by atoms with Gasteiger partial charge in [-0.05, 0) is 26.7 Å². The number of carbonyl (C=O) groups excluding carboxylic acids is 1. The molecular weight excluding hydrogens is 158 g/mol. The third-order valence-corrected chi connectivity index (χ3v) is 2.01. The first-order valence-corrected chi connectivity index (χ1v) is 4.25. The number of nitrogens with one attached hydrogen (secondary N) is 1. The van der Waals surface area contributed by atoms with Gasteiger partial charge in [-0.3, -0.25) is 9.63 Å². The third kappa shape index (κ3) is 1.95. The fraction of sp³-hybridized carbons (Fsp3) is 0.875. The summed E-state index contributed by atoms with van der Waals surface area (Å²) >= 11 is 0. The van der Waals surface area contributed by atoms with E-state index in [1.54, 1.807) is 6.92 Å². The van der Waals surface area contributed by atoms with Crippen molar-refractivity contribution >= 4 is 5.91 Å². The van der Waals surface area contributed by atoms with Gasteiger partial charge in [0.05, 0.1) is 6.61 Å². The minimum atomic E-state index is -0.671. The Labute approximate surface area is 72.2 Å². The Kier molecular flexibility index (Phi) is 3.05. The van der Waals surface area contributed by atoms with E-state index in [4.69, 9.17) is 9.57 Å². The molecular formula is C8H15NO3. The molecule has 0 aromatic rings. The average molecular weight is 173 g/mol. The highest BCUT2D eigenvalue weighted by molar-refractivity contribution is 5.84. The van der Waals surface area contributed by atoms with E-state index in [0.717, 1.165) is 12.8 Å². The van der Waals surface area contributed by atoms with Gasteiger partial charge in [0.2, 0.25) is 0 Å². The van der Waals surface area contributed by atoms with E-state index in [1.807, 2.05) is 6.92 Å². The summed E-state index contributed by atoms with van der Waals surface area (Å²) in [6.07, 6.45) is 1.71. The maximum atomic E-state index is 11.4. The number of hydroxylamine groups is 1. The zero-order valence-corrected chi connectivity index (χ0v) is 7.55. The van der Waals surface area contributed by atoms with Crippen molar-refractivity contribution in [3.05, 3.63) is 0 Å². The van der Waals surface area contributed by atoms with Gasteiger partial charge in [0.15, 0.2) is 0 Å². The molecule has 0 aromatic heterocycles. The van der Waals surface area contributed by atoms with Crippen LogP contribution < -0.4 is 5.48 Å². The van der Waals surface area contributed by atoms with Crippen LogP contribution in [0.2, 0.25) is 0 Å². The molecule has 0 radical (unpaired) electrons. The summed E-state index contributed by atoms with van der Waals surface area (Å²) in [5, 5.41) is 0. The molecule has 1 rings (SSSR count). The normalized spacial score (nSPS) is 28.8.